The molecule has 2 rings (SSSR count). The molecule has 0 spiro atoms. The zero-order chi connectivity index (χ0) is 13.0. The van der Waals surface area contributed by atoms with Crippen molar-refractivity contribution >= 4 is 34.4 Å². The lowest BCUT2D eigenvalue weighted by Gasteiger charge is -2.07. The van der Waals surface area contributed by atoms with Gasteiger partial charge in [-0.1, -0.05) is 6.92 Å². The molecule has 0 amide bonds. The summed E-state index contributed by atoms with van der Waals surface area (Å²) >= 11 is 7.83. The summed E-state index contributed by atoms with van der Waals surface area (Å²) in [4.78, 5) is 4.38. The van der Waals surface area contributed by atoms with Crippen LogP contribution in [0, 0.1) is 5.82 Å². The van der Waals surface area contributed by atoms with Gasteiger partial charge >= 0.3 is 0 Å². The smallest absolute Gasteiger partial charge is 0.125 e. The molecule has 5 heteroatoms. The van der Waals surface area contributed by atoms with Crippen molar-refractivity contribution in [3.63, 3.8) is 0 Å². The number of rotatable bonds is 6. The third-order valence-electron chi connectivity index (χ3n) is 2.78. The molecule has 0 unspecified atom stereocenters. The Morgan fingerprint density at radius 2 is 2.28 bits per heavy atom. The lowest BCUT2D eigenvalue weighted by atomic mass is 10.3. The van der Waals surface area contributed by atoms with Crippen molar-refractivity contribution in [3.8, 4) is 0 Å². The lowest BCUT2D eigenvalue weighted by molar-refractivity contribution is 0.629. The number of benzene rings is 1. The van der Waals surface area contributed by atoms with Crippen molar-refractivity contribution in [1.29, 1.82) is 0 Å². The molecule has 0 aliphatic carbocycles. The van der Waals surface area contributed by atoms with Gasteiger partial charge in [0.1, 0.15) is 11.6 Å². The Morgan fingerprint density at radius 3 is 3.00 bits per heavy atom. The van der Waals surface area contributed by atoms with E-state index in [1.165, 1.54) is 12.1 Å². The van der Waals surface area contributed by atoms with Crippen molar-refractivity contribution in [1.82, 2.24) is 9.55 Å². The first-order valence-electron chi connectivity index (χ1n) is 6.04. The van der Waals surface area contributed by atoms with Gasteiger partial charge in [0, 0.05) is 12.6 Å². The fraction of sp³-hybridized carbons (Fsp3) is 0.462. The first kappa shape index (κ1) is 13.7. The van der Waals surface area contributed by atoms with Crippen molar-refractivity contribution in [2.75, 3.05) is 11.5 Å². The number of aryl methyl sites for hydroxylation is 1. The van der Waals surface area contributed by atoms with E-state index in [1.807, 2.05) is 11.8 Å². The number of imidazole rings is 1. The molecule has 98 valence electrons. The van der Waals surface area contributed by atoms with Crippen LogP contribution in [0.1, 0.15) is 19.2 Å². The number of aromatic nitrogens is 2. The van der Waals surface area contributed by atoms with Crippen LogP contribution in [0.2, 0.25) is 0 Å². The Bertz CT molecular complexity index is 527. The van der Waals surface area contributed by atoms with Gasteiger partial charge in [-0.25, -0.2) is 9.37 Å². The first-order valence-corrected chi connectivity index (χ1v) is 7.73. The molecular weight excluding hydrogens is 271 g/mol. The molecule has 0 aliphatic rings. The molecule has 1 heterocycles. The maximum atomic E-state index is 13.1. The van der Waals surface area contributed by atoms with E-state index in [-0.39, 0.29) is 5.82 Å². The van der Waals surface area contributed by atoms with Crippen molar-refractivity contribution in [2.24, 2.45) is 0 Å². The second-order valence-corrected chi connectivity index (χ2v) is 5.66. The topological polar surface area (TPSA) is 17.8 Å². The van der Waals surface area contributed by atoms with Crippen LogP contribution in [0.25, 0.3) is 11.0 Å². The minimum atomic E-state index is -0.255. The average molecular weight is 287 g/mol. The van der Waals surface area contributed by atoms with E-state index in [4.69, 9.17) is 11.6 Å². The summed E-state index contributed by atoms with van der Waals surface area (Å²) in [6.07, 6.45) is 1.07. The predicted octanol–water partition coefficient (Wildman–Crippen LogP) is 4.06. The molecule has 0 N–H and O–H groups in total. The second-order valence-electron chi connectivity index (χ2n) is 4.00. The fourth-order valence-corrected chi connectivity index (χ4v) is 2.80. The van der Waals surface area contributed by atoms with E-state index >= 15 is 0 Å². The molecule has 0 aliphatic heterocycles. The van der Waals surface area contributed by atoms with Gasteiger partial charge < -0.3 is 4.57 Å². The maximum Gasteiger partial charge on any atom is 0.125 e. The van der Waals surface area contributed by atoms with Crippen LogP contribution in [-0.2, 0) is 12.4 Å². The van der Waals surface area contributed by atoms with E-state index < -0.39 is 0 Å². The number of alkyl halides is 1. The number of hydrogen-bond donors (Lipinski definition) is 0. The fourth-order valence-electron chi connectivity index (χ4n) is 1.97. The quantitative estimate of drug-likeness (QED) is 0.589. The Hall–Kier alpha value is -0.740. The van der Waals surface area contributed by atoms with E-state index in [1.54, 1.807) is 6.07 Å². The number of hydrogen-bond acceptors (Lipinski definition) is 2. The third-order valence-corrected chi connectivity index (χ3v) is 4.01. The monoisotopic (exact) mass is 286 g/mol. The Morgan fingerprint density at radius 1 is 1.44 bits per heavy atom. The van der Waals surface area contributed by atoms with E-state index in [2.05, 4.69) is 16.5 Å². The Labute approximate surface area is 116 Å². The summed E-state index contributed by atoms with van der Waals surface area (Å²) in [7, 11) is 0. The van der Waals surface area contributed by atoms with Crippen LogP contribution in [0.15, 0.2) is 18.2 Å². The molecule has 0 bridgehead atoms. The molecule has 1 aromatic carbocycles. The van der Waals surface area contributed by atoms with Crippen molar-refractivity contribution in [3.05, 3.63) is 29.8 Å². The molecule has 0 saturated carbocycles. The van der Waals surface area contributed by atoms with Gasteiger partial charge in [0.2, 0.25) is 0 Å². The third kappa shape index (κ3) is 2.98. The standard InChI is InChI=1S/C13H16ClFN2S/c1-2-18-7-3-6-17-12-5-4-10(15)8-11(12)16-13(17)9-14/h4-5,8H,2-3,6-7,9H2,1H3. The summed E-state index contributed by atoms with van der Waals surface area (Å²) in [6, 6.07) is 4.71. The van der Waals surface area contributed by atoms with Crippen LogP contribution in [0.4, 0.5) is 4.39 Å². The summed E-state index contributed by atoms with van der Waals surface area (Å²) in [5, 5.41) is 0. The summed E-state index contributed by atoms with van der Waals surface area (Å²) in [6.45, 7) is 3.04. The molecule has 2 nitrogen and oxygen atoms in total. The highest BCUT2D eigenvalue weighted by Gasteiger charge is 2.10. The minimum absolute atomic E-state index is 0.255. The van der Waals surface area contributed by atoms with Gasteiger partial charge in [-0.3, -0.25) is 0 Å². The van der Waals surface area contributed by atoms with Crippen LogP contribution in [0.3, 0.4) is 0 Å². The van der Waals surface area contributed by atoms with Crippen molar-refractivity contribution < 1.29 is 4.39 Å². The van der Waals surface area contributed by atoms with Crippen LogP contribution >= 0.6 is 23.4 Å². The molecular formula is C13H16ClFN2S. The predicted molar refractivity (Wildman–Crippen MR) is 76.9 cm³/mol. The van der Waals surface area contributed by atoms with Crippen LogP contribution in [0.5, 0.6) is 0 Å². The number of fused-ring (bicyclic) bond motifs is 1. The molecule has 0 fully saturated rings. The van der Waals surface area contributed by atoms with Gasteiger partial charge in [0.25, 0.3) is 0 Å². The summed E-state index contributed by atoms with van der Waals surface area (Å²) in [5.41, 5.74) is 1.65. The number of thioether (sulfide) groups is 1. The van der Waals surface area contributed by atoms with Crippen molar-refractivity contribution in [2.45, 2.75) is 25.8 Å². The highest BCUT2D eigenvalue weighted by atomic mass is 35.5. The van der Waals surface area contributed by atoms with Gasteiger partial charge in [-0.2, -0.15) is 11.8 Å². The molecule has 0 atom stereocenters. The summed E-state index contributed by atoms with van der Waals surface area (Å²) in [5.74, 6) is 3.18. The number of nitrogens with zero attached hydrogens (tertiary/aromatic N) is 2. The number of halogens is 2. The molecule has 18 heavy (non-hydrogen) atoms. The molecule has 1 aromatic heterocycles. The zero-order valence-corrected chi connectivity index (χ0v) is 11.9. The highest BCUT2D eigenvalue weighted by Crippen LogP contribution is 2.19. The van der Waals surface area contributed by atoms with E-state index in [0.29, 0.717) is 11.4 Å². The highest BCUT2D eigenvalue weighted by molar-refractivity contribution is 7.99. The second kappa shape index (κ2) is 6.43. The molecule has 2 aromatic rings. The maximum absolute atomic E-state index is 13.1. The first-order chi connectivity index (χ1) is 8.76. The van der Waals surface area contributed by atoms with Gasteiger partial charge in [0.15, 0.2) is 0 Å². The van der Waals surface area contributed by atoms with Gasteiger partial charge in [-0.15, -0.1) is 11.6 Å². The van der Waals surface area contributed by atoms with Gasteiger partial charge in [-0.05, 0) is 30.1 Å². The largest absolute Gasteiger partial charge is 0.327 e. The normalized spacial score (nSPS) is 11.3. The molecule has 0 saturated heterocycles. The minimum Gasteiger partial charge on any atom is -0.327 e. The van der Waals surface area contributed by atoms with Crippen LogP contribution < -0.4 is 0 Å². The van der Waals surface area contributed by atoms with E-state index in [0.717, 1.165) is 35.8 Å². The lowest BCUT2D eigenvalue weighted by Crippen LogP contribution is -2.03. The Kier molecular flexibility index (Phi) is 4.89. The van der Waals surface area contributed by atoms with Crippen LogP contribution in [-0.4, -0.2) is 21.1 Å². The van der Waals surface area contributed by atoms with E-state index in [9.17, 15) is 4.39 Å². The Balaban J connectivity index is 2.23. The zero-order valence-electron chi connectivity index (χ0n) is 10.3. The van der Waals surface area contributed by atoms with Gasteiger partial charge in [0.05, 0.1) is 16.9 Å². The summed E-state index contributed by atoms with van der Waals surface area (Å²) < 4.78 is 15.2. The molecule has 0 radical (unpaired) electrons. The average Bonchev–Trinajstić information content (AvgIpc) is 2.71. The SMILES string of the molecule is CCSCCCn1c(CCl)nc2cc(F)ccc21.